The molecule has 0 unspecified atom stereocenters. The SMILES string of the molecule is C[C@H](C(=O)Nc1ccc(C#N)cc1)N(C)Cc1c(F)cccc1Cl. The lowest BCUT2D eigenvalue weighted by Gasteiger charge is -2.24. The van der Waals surface area contributed by atoms with Crippen LogP contribution in [0.1, 0.15) is 18.1 Å². The highest BCUT2D eigenvalue weighted by atomic mass is 35.5. The third-order valence-electron chi connectivity index (χ3n) is 3.79. The molecule has 24 heavy (non-hydrogen) atoms. The van der Waals surface area contributed by atoms with Crippen LogP contribution in [0, 0.1) is 17.1 Å². The van der Waals surface area contributed by atoms with Gasteiger partial charge in [-0.05, 0) is 50.4 Å². The average molecular weight is 346 g/mol. The number of hydrogen-bond donors (Lipinski definition) is 1. The van der Waals surface area contributed by atoms with Crippen molar-refractivity contribution in [1.29, 1.82) is 5.26 Å². The summed E-state index contributed by atoms with van der Waals surface area (Å²) in [5, 5.41) is 11.9. The van der Waals surface area contributed by atoms with Crippen molar-refractivity contribution >= 4 is 23.2 Å². The summed E-state index contributed by atoms with van der Waals surface area (Å²) in [7, 11) is 1.73. The number of carbonyl (C=O) groups excluding carboxylic acids is 1. The van der Waals surface area contributed by atoms with E-state index >= 15 is 0 Å². The van der Waals surface area contributed by atoms with Gasteiger partial charge in [-0.25, -0.2) is 4.39 Å². The molecule has 1 amide bonds. The van der Waals surface area contributed by atoms with Gasteiger partial charge < -0.3 is 5.32 Å². The van der Waals surface area contributed by atoms with Crippen molar-refractivity contribution in [2.45, 2.75) is 19.5 Å². The summed E-state index contributed by atoms with van der Waals surface area (Å²) < 4.78 is 13.9. The standard InChI is InChI=1S/C18H17ClFN3O/c1-12(18(24)22-14-8-6-13(10-21)7-9-14)23(2)11-15-16(19)4-3-5-17(15)20/h3-9,12H,11H2,1-2H3,(H,22,24)/t12-/m1/s1. The number of nitrogens with one attached hydrogen (secondary N) is 1. The second kappa shape index (κ2) is 7.91. The molecule has 0 aliphatic rings. The molecule has 0 saturated heterocycles. The van der Waals surface area contributed by atoms with E-state index < -0.39 is 11.9 Å². The molecular weight excluding hydrogens is 329 g/mol. The van der Waals surface area contributed by atoms with Crippen LogP contribution in [0.5, 0.6) is 0 Å². The zero-order valence-corrected chi connectivity index (χ0v) is 14.1. The van der Waals surface area contributed by atoms with Gasteiger partial charge in [0, 0.05) is 22.8 Å². The van der Waals surface area contributed by atoms with Crippen LogP contribution in [-0.2, 0) is 11.3 Å². The quantitative estimate of drug-likeness (QED) is 0.896. The van der Waals surface area contributed by atoms with Gasteiger partial charge >= 0.3 is 0 Å². The van der Waals surface area contributed by atoms with Crippen molar-refractivity contribution in [1.82, 2.24) is 4.90 Å². The van der Waals surface area contributed by atoms with Crippen LogP contribution in [0.4, 0.5) is 10.1 Å². The van der Waals surface area contributed by atoms with Gasteiger partial charge in [0.2, 0.25) is 5.91 Å². The van der Waals surface area contributed by atoms with Gasteiger partial charge in [-0.3, -0.25) is 9.69 Å². The number of nitriles is 1. The Morgan fingerprint density at radius 3 is 2.58 bits per heavy atom. The molecule has 0 heterocycles. The molecule has 0 saturated carbocycles. The Labute approximate surface area is 145 Å². The van der Waals surface area contributed by atoms with Crippen molar-refractivity contribution in [2.24, 2.45) is 0 Å². The number of nitrogens with zero attached hydrogens (tertiary/aromatic N) is 2. The fourth-order valence-electron chi connectivity index (χ4n) is 2.14. The molecule has 1 atom stereocenters. The van der Waals surface area contributed by atoms with Crippen LogP contribution >= 0.6 is 11.6 Å². The fourth-order valence-corrected chi connectivity index (χ4v) is 2.37. The van der Waals surface area contributed by atoms with Gasteiger partial charge in [0.1, 0.15) is 5.82 Å². The minimum Gasteiger partial charge on any atom is -0.325 e. The number of hydrogen-bond acceptors (Lipinski definition) is 3. The molecule has 0 radical (unpaired) electrons. The summed E-state index contributed by atoms with van der Waals surface area (Å²) in [6.07, 6.45) is 0. The molecule has 0 aromatic heterocycles. The second-order valence-corrected chi connectivity index (χ2v) is 5.88. The number of amides is 1. The molecule has 0 aliphatic heterocycles. The molecule has 2 aromatic carbocycles. The maximum absolute atomic E-state index is 13.9. The molecule has 4 nitrogen and oxygen atoms in total. The van der Waals surface area contributed by atoms with Crippen LogP contribution in [0.3, 0.4) is 0 Å². The molecule has 2 rings (SSSR count). The fraction of sp³-hybridized carbons (Fsp3) is 0.222. The lowest BCUT2D eigenvalue weighted by molar-refractivity contribution is -0.120. The van der Waals surface area contributed by atoms with Crippen molar-refractivity contribution in [3.8, 4) is 6.07 Å². The maximum Gasteiger partial charge on any atom is 0.241 e. The minimum absolute atomic E-state index is 0.216. The topological polar surface area (TPSA) is 56.1 Å². The molecule has 0 bridgehead atoms. The second-order valence-electron chi connectivity index (χ2n) is 5.47. The molecule has 0 spiro atoms. The Morgan fingerprint density at radius 1 is 1.33 bits per heavy atom. The predicted octanol–water partition coefficient (Wildman–Crippen LogP) is 3.81. The van der Waals surface area contributed by atoms with E-state index in [1.165, 1.54) is 6.07 Å². The minimum atomic E-state index is -0.490. The van der Waals surface area contributed by atoms with Crippen LogP contribution in [-0.4, -0.2) is 23.9 Å². The van der Waals surface area contributed by atoms with Crippen molar-refractivity contribution in [3.05, 3.63) is 64.4 Å². The van der Waals surface area contributed by atoms with Gasteiger partial charge in [0.15, 0.2) is 0 Å². The van der Waals surface area contributed by atoms with Gasteiger partial charge in [-0.1, -0.05) is 17.7 Å². The van der Waals surface area contributed by atoms with E-state index in [1.54, 1.807) is 55.3 Å². The number of anilines is 1. The molecule has 2 aromatic rings. The number of benzene rings is 2. The Balaban J connectivity index is 2.02. The highest BCUT2D eigenvalue weighted by Crippen LogP contribution is 2.21. The smallest absolute Gasteiger partial charge is 0.241 e. The molecule has 1 N–H and O–H groups in total. The van der Waals surface area contributed by atoms with Crippen molar-refractivity contribution < 1.29 is 9.18 Å². The summed E-state index contributed by atoms with van der Waals surface area (Å²) in [4.78, 5) is 14.0. The highest BCUT2D eigenvalue weighted by molar-refractivity contribution is 6.31. The summed E-state index contributed by atoms with van der Waals surface area (Å²) in [5.74, 6) is -0.622. The lowest BCUT2D eigenvalue weighted by Crippen LogP contribution is -2.39. The molecule has 6 heteroatoms. The van der Waals surface area contributed by atoms with Gasteiger partial charge in [0.05, 0.1) is 17.7 Å². The molecule has 0 aliphatic carbocycles. The van der Waals surface area contributed by atoms with Crippen molar-refractivity contribution in [3.63, 3.8) is 0 Å². The van der Waals surface area contributed by atoms with E-state index in [2.05, 4.69) is 5.32 Å². The number of carbonyl (C=O) groups is 1. The highest BCUT2D eigenvalue weighted by Gasteiger charge is 2.20. The van der Waals surface area contributed by atoms with Crippen molar-refractivity contribution in [2.75, 3.05) is 12.4 Å². The Kier molecular flexibility index (Phi) is 5.91. The molecular formula is C18H17ClFN3O. The van der Waals surface area contributed by atoms with Crippen LogP contribution in [0.2, 0.25) is 5.02 Å². The largest absolute Gasteiger partial charge is 0.325 e. The summed E-state index contributed by atoms with van der Waals surface area (Å²) in [5.41, 5.74) is 1.48. The van der Waals surface area contributed by atoms with E-state index in [9.17, 15) is 9.18 Å². The van der Waals surface area contributed by atoms with Gasteiger partial charge in [-0.2, -0.15) is 5.26 Å². The third-order valence-corrected chi connectivity index (χ3v) is 4.15. The number of likely N-dealkylation sites (N-methyl/N-ethyl adjacent to an activating group) is 1. The summed E-state index contributed by atoms with van der Waals surface area (Å²) in [6, 6.07) is 12.6. The van der Waals surface area contributed by atoms with Crippen LogP contribution in [0.15, 0.2) is 42.5 Å². The summed E-state index contributed by atoms with van der Waals surface area (Å²) in [6.45, 7) is 1.95. The first-order valence-electron chi connectivity index (χ1n) is 7.36. The zero-order chi connectivity index (χ0) is 17.7. The normalized spacial score (nSPS) is 11.8. The van der Waals surface area contributed by atoms with Gasteiger partial charge in [0.25, 0.3) is 0 Å². The number of rotatable bonds is 5. The zero-order valence-electron chi connectivity index (χ0n) is 13.4. The Morgan fingerprint density at radius 2 is 2.00 bits per heavy atom. The monoisotopic (exact) mass is 345 g/mol. The van der Waals surface area contributed by atoms with Crippen LogP contribution in [0.25, 0.3) is 0 Å². The average Bonchev–Trinajstić information content (AvgIpc) is 2.58. The van der Waals surface area contributed by atoms with E-state index in [0.717, 1.165) is 0 Å². The maximum atomic E-state index is 13.9. The molecule has 124 valence electrons. The van der Waals surface area contributed by atoms with E-state index in [-0.39, 0.29) is 12.5 Å². The van der Waals surface area contributed by atoms with E-state index in [4.69, 9.17) is 16.9 Å². The Hall–Kier alpha value is -2.42. The number of halogens is 2. The summed E-state index contributed by atoms with van der Waals surface area (Å²) >= 11 is 6.02. The van der Waals surface area contributed by atoms with Crippen LogP contribution < -0.4 is 5.32 Å². The first-order chi connectivity index (χ1) is 11.4. The lowest BCUT2D eigenvalue weighted by atomic mass is 10.1. The predicted molar refractivity (Wildman–Crippen MR) is 92.1 cm³/mol. The van der Waals surface area contributed by atoms with Gasteiger partial charge in [-0.15, -0.1) is 0 Å². The first-order valence-corrected chi connectivity index (χ1v) is 7.74. The molecule has 0 fully saturated rings. The Bertz CT molecular complexity index is 751. The van der Waals surface area contributed by atoms with E-state index in [0.29, 0.717) is 21.8 Å². The van der Waals surface area contributed by atoms with E-state index in [1.807, 2.05) is 6.07 Å². The third kappa shape index (κ3) is 4.31. The first kappa shape index (κ1) is 17.9.